The molecule has 0 spiro atoms. The topological polar surface area (TPSA) is 75.4 Å². The van der Waals surface area contributed by atoms with E-state index in [0.717, 1.165) is 48.4 Å². The zero-order valence-corrected chi connectivity index (χ0v) is 17.8. The van der Waals surface area contributed by atoms with E-state index in [0.29, 0.717) is 23.9 Å². The van der Waals surface area contributed by atoms with Gasteiger partial charge in [0.2, 0.25) is 11.1 Å². The summed E-state index contributed by atoms with van der Waals surface area (Å²) in [5.41, 5.74) is 2.70. The maximum absolute atomic E-state index is 12.5. The SMILES string of the molecule is CSc1nc2nc(C)c(CC(=O)NCCN3C[C@@H](C)C[C@H](C)C3)c(C)n2n1. The molecule has 8 heteroatoms. The number of rotatable bonds is 6. The minimum absolute atomic E-state index is 0.0330. The standard InChI is InChI=1S/C19H30N6OS/c1-12-8-13(2)11-24(10-12)7-6-20-17(26)9-16-14(3)21-18-22-19(27-5)23-25(18)15(16)4/h12-13H,6-11H2,1-5H3,(H,20,26)/t12-,13-/m0/s1. The Balaban J connectivity index is 1.59. The third-order valence-corrected chi connectivity index (χ3v) is 5.78. The van der Waals surface area contributed by atoms with Gasteiger partial charge in [0, 0.05) is 43.1 Å². The molecule has 1 amide bonds. The number of hydrogen-bond donors (Lipinski definition) is 1. The number of nitrogens with one attached hydrogen (secondary N) is 1. The maximum Gasteiger partial charge on any atom is 0.253 e. The lowest BCUT2D eigenvalue weighted by Gasteiger charge is -2.34. The second-order valence-electron chi connectivity index (χ2n) is 7.80. The third kappa shape index (κ3) is 4.79. The van der Waals surface area contributed by atoms with E-state index in [2.05, 4.69) is 39.1 Å². The van der Waals surface area contributed by atoms with Crippen LogP contribution < -0.4 is 5.32 Å². The summed E-state index contributed by atoms with van der Waals surface area (Å²) in [5, 5.41) is 8.21. The number of carbonyl (C=O) groups excluding carboxylic acids is 1. The molecule has 0 aliphatic carbocycles. The molecule has 1 N–H and O–H groups in total. The molecule has 1 fully saturated rings. The Kier molecular flexibility index (Phi) is 6.37. The van der Waals surface area contributed by atoms with Crippen molar-refractivity contribution in [3.05, 3.63) is 17.0 Å². The van der Waals surface area contributed by atoms with E-state index in [-0.39, 0.29) is 5.91 Å². The molecule has 3 heterocycles. The minimum Gasteiger partial charge on any atom is -0.355 e. The molecule has 0 saturated carbocycles. The van der Waals surface area contributed by atoms with Gasteiger partial charge in [0.15, 0.2) is 0 Å². The van der Waals surface area contributed by atoms with Gasteiger partial charge >= 0.3 is 0 Å². The van der Waals surface area contributed by atoms with Gasteiger partial charge in [0.25, 0.3) is 5.78 Å². The predicted molar refractivity (Wildman–Crippen MR) is 108 cm³/mol. The first-order valence-corrected chi connectivity index (χ1v) is 10.9. The van der Waals surface area contributed by atoms with Crippen LogP contribution in [0.2, 0.25) is 0 Å². The van der Waals surface area contributed by atoms with Crippen molar-refractivity contribution in [3.8, 4) is 0 Å². The Morgan fingerprint density at radius 3 is 2.59 bits per heavy atom. The van der Waals surface area contributed by atoms with Crippen molar-refractivity contribution in [2.75, 3.05) is 32.4 Å². The van der Waals surface area contributed by atoms with E-state index in [9.17, 15) is 4.79 Å². The summed E-state index contributed by atoms with van der Waals surface area (Å²) < 4.78 is 1.73. The Hall–Kier alpha value is -1.67. The van der Waals surface area contributed by atoms with Gasteiger partial charge in [-0.2, -0.15) is 4.98 Å². The first-order chi connectivity index (χ1) is 12.9. The van der Waals surface area contributed by atoms with Gasteiger partial charge in [0.1, 0.15) is 0 Å². The molecule has 2 aromatic rings. The van der Waals surface area contributed by atoms with Crippen LogP contribution >= 0.6 is 11.8 Å². The van der Waals surface area contributed by atoms with Crippen molar-refractivity contribution in [1.82, 2.24) is 29.8 Å². The Bertz CT molecular complexity index is 810. The molecule has 2 aromatic heterocycles. The Morgan fingerprint density at radius 2 is 1.93 bits per heavy atom. The van der Waals surface area contributed by atoms with Gasteiger partial charge in [0.05, 0.1) is 6.42 Å². The van der Waals surface area contributed by atoms with Crippen molar-refractivity contribution in [2.24, 2.45) is 11.8 Å². The number of hydrogen-bond acceptors (Lipinski definition) is 6. The molecule has 0 aromatic carbocycles. The fraction of sp³-hybridized carbons (Fsp3) is 0.684. The van der Waals surface area contributed by atoms with Gasteiger partial charge < -0.3 is 10.2 Å². The van der Waals surface area contributed by atoms with Crippen molar-refractivity contribution in [2.45, 2.75) is 45.7 Å². The number of aryl methyl sites for hydroxylation is 2. The molecule has 1 aliphatic rings. The van der Waals surface area contributed by atoms with Crippen LogP contribution in [0.5, 0.6) is 0 Å². The monoisotopic (exact) mass is 390 g/mol. The Morgan fingerprint density at radius 1 is 1.22 bits per heavy atom. The van der Waals surface area contributed by atoms with E-state index in [4.69, 9.17) is 0 Å². The first-order valence-electron chi connectivity index (χ1n) is 9.63. The Labute approximate surface area is 165 Å². The molecule has 3 rings (SSSR count). The van der Waals surface area contributed by atoms with Crippen LogP contribution in [0.25, 0.3) is 5.78 Å². The average molecular weight is 391 g/mol. The number of amides is 1. The number of aromatic nitrogens is 4. The number of fused-ring (bicyclic) bond motifs is 1. The molecule has 1 saturated heterocycles. The summed E-state index contributed by atoms with van der Waals surface area (Å²) in [7, 11) is 0. The van der Waals surface area contributed by atoms with Crippen LogP contribution in [0.3, 0.4) is 0 Å². The largest absolute Gasteiger partial charge is 0.355 e. The molecular weight excluding hydrogens is 360 g/mol. The quantitative estimate of drug-likeness (QED) is 0.762. The van der Waals surface area contributed by atoms with Gasteiger partial charge in [-0.15, -0.1) is 5.10 Å². The number of carbonyl (C=O) groups is 1. The predicted octanol–water partition coefficient (Wildman–Crippen LogP) is 2.10. The van der Waals surface area contributed by atoms with Crippen molar-refractivity contribution in [1.29, 1.82) is 0 Å². The summed E-state index contributed by atoms with van der Waals surface area (Å²) in [6, 6.07) is 0. The zero-order chi connectivity index (χ0) is 19.6. The van der Waals surface area contributed by atoms with Crippen molar-refractivity contribution >= 4 is 23.4 Å². The normalized spacial score (nSPS) is 20.9. The average Bonchev–Trinajstić information content (AvgIpc) is 3.01. The van der Waals surface area contributed by atoms with Crippen LogP contribution in [0.4, 0.5) is 0 Å². The van der Waals surface area contributed by atoms with Gasteiger partial charge in [-0.3, -0.25) is 4.79 Å². The molecule has 148 valence electrons. The lowest BCUT2D eigenvalue weighted by molar-refractivity contribution is -0.120. The second-order valence-corrected chi connectivity index (χ2v) is 8.58. The van der Waals surface area contributed by atoms with Crippen LogP contribution in [0.1, 0.15) is 37.2 Å². The number of thioether (sulfide) groups is 1. The molecular formula is C19H30N6OS. The van der Waals surface area contributed by atoms with Crippen molar-refractivity contribution in [3.63, 3.8) is 0 Å². The molecule has 7 nitrogen and oxygen atoms in total. The van der Waals surface area contributed by atoms with E-state index in [1.807, 2.05) is 20.1 Å². The highest BCUT2D eigenvalue weighted by molar-refractivity contribution is 7.98. The first kappa shape index (κ1) is 20.1. The maximum atomic E-state index is 12.5. The summed E-state index contributed by atoms with van der Waals surface area (Å²) >= 11 is 1.49. The minimum atomic E-state index is 0.0330. The van der Waals surface area contributed by atoms with Gasteiger partial charge in [-0.25, -0.2) is 9.50 Å². The lowest BCUT2D eigenvalue weighted by Crippen LogP contribution is -2.43. The van der Waals surface area contributed by atoms with Crippen LogP contribution in [0, 0.1) is 25.7 Å². The lowest BCUT2D eigenvalue weighted by atomic mass is 9.92. The number of piperidine rings is 1. The van der Waals surface area contributed by atoms with Crippen LogP contribution in [0.15, 0.2) is 5.16 Å². The van der Waals surface area contributed by atoms with Crippen LogP contribution in [-0.2, 0) is 11.2 Å². The molecule has 1 aliphatic heterocycles. The summed E-state index contributed by atoms with van der Waals surface area (Å²) in [6.07, 6.45) is 3.56. The molecule has 0 unspecified atom stereocenters. The fourth-order valence-corrected chi connectivity index (χ4v) is 4.42. The number of nitrogens with zero attached hydrogens (tertiary/aromatic N) is 5. The van der Waals surface area contributed by atoms with E-state index in [1.54, 1.807) is 4.52 Å². The molecule has 27 heavy (non-hydrogen) atoms. The molecule has 2 atom stereocenters. The highest BCUT2D eigenvalue weighted by atomic mass is 32.2. The zero-order valence-electron chi connectivity index (χ0n) is 16.9. The highest BCUT2D eigenvalue weighted by Crippen LogP contribution is 2.20. The van der Waals surface area contributed by atoms with Gasteiger partial charge in [-0.1, -0.05) is 25.6 Å². The van der Waals surface area contributed by atoms with Crippen molar-refractivity contribution < 1.29 is 4.79 Å². The summed E-state index contributed by atoms with van der Waals surface area (Å²) in [5.74, 6) is 2.10. The third-order valence-electron chi connectivity index (χ3n) is 5.24. The number of likely N-dealkylation sites (tertiary alicyclic amines) is 1. The van der Waals surface area contributed by atoms with Gasteiger partial charge in [-0.05, 0) is 38.4 Å². The van der Waals surface area contributed by atoms with E-state index < -0.39 is 0 Å². The highest BCUT2D eigenvalue weighted by Gasteiger charge is 2.21. The van der Waals surface area contributed by atoms with E-state index >= 15 is 0 Å². The van der Waals surface area contributed by atoms with Crippen LogP contribution in [-0.4, -0.2) is 62.8 Å². The fourth-order valence-electron chi connectivity index (χ4n) is 4.08. The smallest absolute Gasteiger partial charge is 0.253 e. The molecule has 0 bridgehead atoms. The summed E-state index contributed by atoms with van der Waals surface area (Å²) in [6.45, 7) is 12.4. The molecule has 0 radical (unpaired) electrons. The second kappa shape index (κ2) is 8.56. The van der Waals surface area contributed by atoms with E-state index in [1.165, 1.54) is 18.2 Å². The summed E-state index contributed by atoms with van der Waals surface area (Å²) in [4.78, 5) is 23.8.